The Morgan fingerprint density at radius 3 is 2.88 bits per heavy atom. The zero-order valence-corrected chi connectivity index (χ0v) is 13.6. The summed E-state index contributed by atoms with van der Waals surface area (Å²) in [4.78, 5) is 4.07. The van der Waals surface area contributed by atoms with Crippen LogP contribution in [0.2, 0.25) is 0 Å². The Morgan fingerprint density at radius 2 is 2.12 bits per heavy atom. The summed E-state index contributed by atoms with van der Waals surface area (Å²) in [6.45, 7) is 0.369. The van der Waals surface area contributed by atoms with Gasteiger partial charge in [-0.3, -0.25) is 4.31 Å². The van der Waals surface area contributed by atoms with Gasteiger partial charge in [-0.15, -0.1) is 0 Å². The average molecular weight is 344 g/mol. The molecule has 0 saturated heterocycles. The van der Waals surface area contributed by atoms with E-state index >= 15 is 0 Å². The number of nitrogens with zero attached hydrogens (tertiary/aromatic N) is 4. The van der Waals surface area contributed by atoms with E-state index in [-0.39, 0.29) is 11.8 Å². The van der Waals surface area contributed by atoms with Crippen LogP contribution in [-0.2, 0) is 22.2 Å². The van der Waals surface area contributed by atoms with E-state index in [0.717, 1.165) is 17.7 Å². The molecule has 1 atom stereocenters. The molecule has 0 bridgehead atoms. The lowest BCUT2D eigenvalue weighted by Gasteiger charge is -2.35. The first-order valence-electron chi connectivity index (χ1n) is 7.58. The van der Waals surface area contributed by atoms with Crippen LogP contribution >= 0.6 is 0 Å². The molecular formula is C16H16N4O3S. The van der Waals surface area contributed by atoms with E-state index in [1.54, 1.807) is 18.6 Å². The van der Waals surface area contributed by atoms with E-state index in [1.807, 2.05) is 35.0 Å². The maximum absolute atomic E-state index is 13.0. The van der Waals surface area contributed by atoms with E-state index in [4.69, 9.17) is 4.52 Å². The molecule has 8 heteroatoms. The molecule has 0 unspecified atom stereocenters. The Hall–Kier alpha value is -2.61. The van der Waals surface area contributed by atoms with Gasteiger partial charge in [0.05, 0.1) is 24.6 Å². The highest BCUT2D eigenvalue weighted by atomic mass is 32.2. The SMILES string of the molecule is O=S(=O)(Cc1ccon1)N1C[C@H](n2ccnc2)Cc2ccccc21. The molecule has 0 fully saturated rings. The normalized spacial score (nSPS) is 17.7. The average Bonchev–Trinajstić information content (AvgIpc) is 3.27. The number of hydrogen-bond acceptors (Lipinski definition) is 5. The number of aromatic nitrogens is 3. The Bertz CT molecular complexity index is 920. The van der Waals surface area contributed by atoms with Crippen LogP contribution in [0.3, 0.4) is 0 Å². The van der Waals surface area contributed by atoms with Gasteiger partial charge in [-0.05, 0) is 18.1 Å². The first-order chi connectivity index (χ1) is 11.6. The second-order valence-electron chi connectivity index (χ2n) is 5.77. The van der Waals surface area contributed by atoms with Crippen LogP contribution in [0, 0.1) is 0 Å². The first-order valence-corrected chi connectivity index (χ1v) is 9.19. The van der Waals surface area contributed by atoms with Gasteiger partial charge in [0.2, 0.25) is 10.0 Å². The summed E-state index contributed by atoms with van der Waals surface area (Å²) in [5, 5.41) is 3.73. The highest BCUT2D eigenvalue weighted by molar-refractivity contribution is 7.92. The molecule has 2 aromatic heterocycles. The molecule has 0 radical (unpaired) electrons. The second-order valence-corrected chi connectivity index (χ2v) is 7.67. The summed E-state index contributed by atoms with van der Waals surface area (Å²) in [5.41, 5.74) is 2.14. The molecule has 0 amide bonds. The summed E-state index contributed by atoms with van der Waals surface area (Å²) >= 11 is 0. The van der Waals surface area contributed by atoms with Gasteiger partial charge in [-0.2, -0.15) is 0 Å². The molecule has 1 aromatic carbocycles. The van der Waals surface area contributed by atoms with Crippen LogP contribution in [0.5, 0.6) is 0 Å². The summed E-state index contributed by atoms with van der Waals surface area (Å²) in [6, 6.07) is 9.18. The summed E-state index contributed by atoms with van der Waals surface area (Å²) < 4.78 is 34.1. The lowest BCUT2D eigenvalue weighted by Crippen LogP contribution is -2.41. The van der Waals surface area contributed by atoms with Crippen molar-refractivity contribution in [2.24, 2.45) is 0 Å². The van der Waals surface area contributed by atoms with Crippen LogP contribution in [0.4, 0.5) is 5.69 Å². The Labute approximate surface area is 139 Å². The summed E-state index contributed by atoms with van der Waals surface area (Å²) in [7, 11) is -3.57. The lowest BCUT2D eigenvalue weighted by atomic mass is 10.00. The minimum Gasteiger partial charge on any atom is -0.364 e. The molecule has 0 spiro atoms. The van der Waals surface area contributed by atoms with Crippen molar-refractivity contribution >= 4 is 15.7 Å². The van der Waals surface area contributed by atoms with Crippen molar-refractivity contribution in [1.82, 2.24) is 14.7 Å². The van der Waals surface area contributed by atoms with Gasteiger partial charge >= 0.3 is 0 Å². The van der Waals surface area contributed by atoms with Crippen molar-refractivity contribution in [3.05, 3.63) is 66.6 Å². The quantitative estimate of drug-likeness (QED) is 0.723. The van der Waals surface area contributed by atoms with Gasteiger partial charge in [-0.25, -0.2) is 13.4 Å². The smallest absolute Gasteiger partial charge is 0.241 e. The largest absolute Gasteiger partial charge is 0.364 e. The van der Waals surface area contributed by atoms with Gasteiger partial charge < -0.3 is 9.09 Å². The lowest BCUT2D eigenvalue weighted by molar-refractivity contribution is 0.413. The molecule has 3 aromatic rings. The molecular weight excluding hydrogens is 328 g/mol. The van der Waals surface area contributed by atoms with Crippen LogP contribution in [0.15, 0.2) is 59.8 Å². The van der Waals surface area contributed by atoms with Gasteiger partial charge in [0, 0.05) is 18.5 Å². The van der Waals surface area contributed by atoms with E-state index < -0.39 is 10.0 Å². The number of para-hydroxylation sites is 1. The van der Waals surface area contributed by atoms with Gasteiger partial charge in [0.25, 0.3) is 0 Å². The highest BCUT2D eigenvalue weighted by Crippen LogP contribution is 2.34. The van der Waals surface area contributed by atoms with Crippen molar-refractivity contribution in [3.63, 3.8) is 0 Å². The standard InChI is InChI=1S/C16H16N4O3S/c21-24(22,11-14-5-8-23-18-14)20-10-15(19-7-6-17-12-19)9-13-3-1-2-4-16(13)20/h1-8,12,15H,9-11H2/t15-/m1/s1. The molecule has 4 rings (SSSR count). The van der Waals surface area contributed by atoms with Gasteiger partial charge in [0.15, 0.2) is 0 Å². The number of rotatable bonds is 4. The summed E-state index contributed by atoms with van der Waals surface area (Å²) in [6.07, 6.45) is 7.43. The third-order valence-electron chi connectivity index (χ3n) is 4.20. The minimum absolute atomic E-state index is 0.00878. The fraction of sp³-hybridized carbons (Fsp3) is 0.250. The fourth-order valence-electron chi connectivity index (χ4n) is 3.06. The molecule has 7 nitrogen and oxygen atoms in total. The highest BCUT2D eigenvalue weighted by Gasteiger charge is 2.33. The topological polar surface area (TPSA) is 81.2 Å². The third kappa shape index (κ3) is 2.69. The Kier molecular flexibility index (Phi) is 3.61. The van der Waals surface area contributed by atoms with E-state index in [9.17, 15) is 8.42 Å². The monoisotopic (exact) mass is 344 g/mol. The molecule has 24 heavy (non-hydrogen) atoms. The van der Waals surface area contributed by atoms with E-state index in [1.165, 1.54) is 10.6 Å². The minimum atomic E-state index is -3.57. The van der Waals surface area contributed by atoms with Crippen molar-refractivity contribution in [2.75, 3.05) is 10.8 Å². The molecule has 124 valence electrons. The van der Waals surface area contributed by atoms with Gasteiger partial charge in [0.1, 0.15) is 17.7 Å². The third-order valence-corrected chi connectivity index (χ3v) is 5.87. The van der Waals surface area contributed by atoms with Gasteiger partial charge in [-0.1, -0.05) is 23.4 Å². The van der Waals surface area contributed by atoms with Crippen LogP contribution in [-0.4, -0.2) is 29.7 Å². The molecule has 1 aliphatic heterocycles. The van der Waals surface area contributed by atoms with E-state index in [2.05, 4.69) is 10.1 Å². The van der Waals surface area contributed by atoms with Crippen molar-refractivity contribution in [1.29, 1.82) is 0 Å². The first kappa shape index (κ1) is 14.9. The molecule has 0 N–H and O–H groups in total. The Morgan fingerprint density at radius 1 is 1.25 bits per heavy atom. The number of sulfonamides is 1. The van der Waals surface area contributed by atoms with Crippen LogP contribution in [0.25, 0.3) is 0 Å². The molecule has 0 aliphatic carbocycles. The van der Waals surface area contributed by atoms with Crippen molar-refractivity contribution in [2.45, 2.75) is 18.2 Å². The zero-order valence-electron chi connectivity index (χ0n) is 12.8. The van der Waals surface area contributed by atoms with Crippen molar-refractivity contribution in [3.8, 4) is 0 Å². The predicted octanol–water partition coefficient (Wildman–Crippen LogP) is 2.00. The number of benzene rings is 1. The van der Waals surface area contributed by atoms with Crippen molar-refractivity contribution < 1.29 is 12.9 Å². The van der Waals surface area contributed by atoms with E-state index in [0.29, 0.717) is 12.2 Å². The summed E-state index contributed by atoms with van der Waals surface area (Å²) in [5.74, 6) is -0.186. The molecule has 1 aliphatic rings. The van der Waals surface area contributed by atoms with Crippen LogP contribution < -0.4 is 4.31 Å². The second kappa shape index (κ2) is 5.79. The molecule has 3 heterocycles. The Balaban J connectivity index is 1.72. The molecule has 0 saturated carbocycles. The number of hydrogen-bond donors (Lipinski definition) is 0. The van der Waals surface area contributed by atoms with Crippen LogP contribution in [0.1, 0.15) is 17.3 Å². The number of fused-ring (bicyclic) bond motifs is 1. The number of imidazole rings is 1. The maximum atomic E-state index is 13.0. The number of anilines is 1. The predicted molar refractivity (Wildman–Crippen MR) is 87.9 cm³/mol. The fourth-order valence-corrected chi connectivity index (χ4v) is 4.62. The zero-order chi connectivity index (χ0) is 16.6. The maximum Gasteiger partial charge on any atom is 0.241 e.